The van der Waals surface area contributed by atoms with Crippen molar-refractivity contribution < 1.29 is 17.9 Å². The molecule has 30 heavy (non-hydrogen) atoms. The van der Waals surface area contributed by atoms with Gasteiger partial charge in [0.25, 0.3) is 15.9 Å². The number of benzene rings is 2. The van der Waals surface area contributed by atoms with Crippen LogP contribution in [0.4, 0.5) is 5.69 Å². The van der Waals surface area contributed by atoms with Crippen LogP contribution in [0.25, 0.3) is 0 Å². The molecular weight excluding hydrogens is 404 g/mol. The fourth-order valence-corrected chi connectivity index (χ4v) is 4.28. The van der Waals surface area contributed by atoms with Gasteiger partial charge in [0.05, 0.1) is 17.7 Å². The minimum Gasteiger partial charge on any atom is -0.495 e. The Morgan fingerprint density at radius 2 is 1.97 bits per heavy atom. The third kappa shape index (κ3) is 5.18. The number of nitrogens with zero attached hydrogens (tertiary/aromatic N) is 2. The van der Waals surface area contributed by atoms with Crippen molar-refractivity contribution in [2.45, 2.75) is 24.8 Å². The van der Waals surface area contributed by atoms with Gasteiger partial charge in [0.1, 0.15) is 5.75 Å². The van der Waals surface area contributed by atoms with Crippen molar-refractivity contribution in [3.63, 3.8) is 0 Å². The normalized spacial score (nSPS) is 11.1. The lowest BCUT2D eigenvalue weighted by molar-refractivity contribution is 0.0952. The number of carbonyl (C=O) groups excluding carboxylic acids is 1. The van der Waals surface area contributed by atoms with E-state index >= 15 is 0 Å². The van der Waals surface area contributed by atoms with Crippen molar-refractivity contribution in [3.8, 4) is 5.75 Å². The van der Waals surface area contributed by atoms with Crippen LogP contribution >= 0.6 is 0 Å². The largest absolute Gasteiger partial charge is 0.495 e. The first-order valence-corrected chi connectivity index (χ1v) is 10.9. The number of carbonyl (C=O) groups is 1. The molecule has 2 aromatic carbocycles. The van der Waals surface area contributed by atoms with Crippen molar-refractivity contribution in [2.24, 2.45) is 0 Å². The van der Waals surface area contributed by atoms with Gasteiger partial charge in [0.15, 0.2) is 0 Å². The molecule has 0 radical (unpaired) electrons. The average molecular weight is 429 g/mol. The van der Waals surface area contributed by atoms with Crippen LogP contribution in [0, 0.1) is 6.92 Å². The number of amides is 1. The Balaban J connectivity index is 1.71. The molecule has 0 aliphatic heterocycles. The predicted molar refractivity (Wildman–Crippen MR) is 114 cm³/mol. The Kier molecular flexibility index (Phi) is 6.73. The highest BCUT2D eigenvalue weighted by atomic mass is 32.2. The zero-order valence-electron chi connectivity index (χ0n) is 16.8. The highest BCUT2D eigenvalue weighted by Gasteiger charge is 2.20. The molecule has 9 heteroatoms. The van der Waals surface area contributed by atoms with Gasteiger partial charge in [0.2, 0.25) is 0 Å². The quantitative estimate of drug-likeness (QED) is 0.510. The van der Waals surface area contributed by atoms with E-state index in [1.165, 1.54) is 13.2 Å². The zero-order valence-corrected chi connectivity index (χ0v) is 17.6. The Hall–Kier alpha value is -3.33. The Labute approximate surface area is 175 Å². The van der Waals surface area contributed by atoms with Gasteiger partial charge in [-0.15, -0.1) is 0 Å². The summed E-state index contributed by atoms with van der Waals surface area (Å²) < 4.78 is 35.4. The number of aryl methyl sites for hydroxylation is 2. The molecule has 1 heterocycles. The molecule has 8 nitrogen and oxygen atoms in total. The Bertz CT molecular complexity index is 1110. The van der Waals surface area contributed by atoms with E-state index in [4.69, 9.17) is 4.74 Å². The third-order valence-corrected chi connectivity index (χ3v) is 6.01. The molecule has 0 spiro atoms. The van der Waals surface area contributed by atoms with Crippen LogP contribution in [-0.4, -0.2) is 37.8 Å². The molecule has 0 unspecified atom stereocenters. The number of hydrogen-bond donors (Lipinski definition) is 2. The van der Waals surface area contributed by atoms with E-state index in [2.05, 4.69) is 15.1 Å². The molecule has 2 N–H and O–H groups in total. The smallest absolute Gasteiger partial charge is 0.262 e. The van der Waals surface area contributed by atoms with E-state index in [0.29, 0.717) is 36.5 Å². The van der Waals surface area contributed by atoms with Gasteiger partial charge in [0, 0.05) is 31.0 Å². The van der Waals surface area contributed by atoms with Gasteiger partial charge in [-0.3, -0.25) is 14.2 Å². The summed E-state index contributed by atoms with van der Waals surface area (Å²) in [6.07, 6.45) is 4.26. The van der Waals surface area contributed by atoms with Crippen LogP contribution in [0.5, 0.6) is 5.75 Å². The average Bonchev–Trinajstić information content (AvgIpc) is 3.25. The third-order valence-electron chi connectivity index (χ3n) is 4.50. The summed E-state index contributed by atoms with van der Waals surface area (Å²) in [5, 5.41) is 6.92. The highest BCUT2D eigenvalue weighted by Crippen LogP contribution is 2.27. The predicted octanol–water partition coefficient (Wildman–Crippen LogP) is 2.82. The van der Waals surface area contributed by atoms with Crippen molar-refractivity contribution in [1.29, 1.82) is 0 Å². The molecule has 1 aromatic heterocycles. The first kappa shape index (κ1) is 21.4. The second kappa shape index (κ2) is 9.45. The maximum Gasteiger partial charge on any atom is 0.262 e. The number of methoxy groups -OCH3 is 1. The molecule has 0 bridgehead atoms. The summed E-state index contributed by atoms with van der Waals surface area (Å²) in [7, 11) is -2.44. The highest BCUT2D eigenvalue weighted by molar-refractivity contribution is 7.92. The van der Waals surface area contributed by atoms with E-state index in [1.54, 1.807) is 54.2 Å². The van der Waals surface area contributed by atoms with Gasteiger partial charge >= 0.3 is 0 Å². The molecule has 1 amide bonds. The maximum absolute atomic E-state index is 12.9. The zero-order chi connectivity index (χ0) is 21.6. The number of ether oxygens (including phenoxy) is 1. The summed E-state index contributed by atoms with van der Waals surface area (Å²) in [6.45, 7) is 2.82. The number of rotatable bonds is 9. The lowest BCUT2D eigenvalue weighted by Crippen LogP contribution is -2.26. The van der Waals surface area contributed by atoms with E-state index in [0.717, 1.165) is 0 Å². The van der Waals surface area contributed by atoms with Crippen molar-refractivity contribution in [3.05, 3.63) is 72.1 Å². The number of para-hydroxylation sites is 2. The van der Waals surface area contributed by atoms with Crippen LogP contribution < -0.4 is 14.8 Å². The molecule has 3 aromatic rings. The van der Waals surface area contributed by atoms with Gasteiger partial charge in [-0.25, -0.2) is 8.42 Å². The minimum atomic E-state index is -3.91. The topological polar surface area (TPSA) is 102 Å². The van der Waals surface area contributed by atoms with E-state index in [9.17, 15) is 13.2 Å². The summed E-state index contributed by atoms with van der Waals surface area (Å²) in [6, 6.07) is 13.2. The fourth-order valence-electron chi connectivity index (χ4n) is 2.94. The molecule has 0 saturated heterocycles. The molecule has 0 fully saturated rings. The number of anilines is 1. The maximum atomic E-state index is 12.9. The second-order valence-corrected chi connectivity index (χ2v) is 8.32. The molecule has 158 valence electrons. The van der Waals surface area contributed by atoms with Crippen LogP contribution in [0.2, 0.25) is 0 Å². The monoisotopic (exact) mass is 428 g/mol. The van der Waals surface area contributed by atoms with Gasteiger partial charge in [-0.2, -0.15) is 5.10 Å². The molecule has 0 aliphatic rings. The summed E-state index contributed by atoms with van der Waals surface area (Å²) in [5.74, 6) is 0.0778. The first-order chi connectivity index (χ1) is 14.4. The second-order valence-electron chi connectivity index (χ2n) is 6.66. The molecule has 0 aliphatic carbocycles. The van der Waals surface area contributed by atoms with E-state index < -0.39 is 10.0 Å². The van der Waals surface area contributed by atoms with Crippen LogP contribution in [0.15, 0.2) is 65.8 Å². The first-order valence-electron chi connectivity index (χ1n) is 9.43. The minimum absolute atomic E-state index is 0.0394. The Morgan fingerprint density at radius 1 is 1.17 bits per heavy atom. The van der Waals surface area contributed by atoms with Crippen LogP contribution in [-0.2, 0) is 16.6 Å². The lowest BCUT2D eigenvalue weighted by atomic mass is 10.1. The summed E-state index contributed by atoms with van der Waals surface area (Å²) in [5.41, 5.74) is 1.14. The van der Waals surface area contributed by atoms with Crippen molar-refractivity contribution in [1.82, 2.24) is 15.1 Å². The van der Waals surface area contributed by atoms with Gasteiger partial charge in [-0.05, 0) is 49.2 Å². The number of hydrogen-bond acceptors (Lipinski definition) is 5. The lowest BCUT2D eigenvalue weighted by Gasteiger charge is -2.14. The molecule has 0 saturated carbocycles. The number of sulfonamides is 1. The summed E-state index contributed by atoms with van der Waals surface area (Å²) in [4.78, 5) is 12.5. The SMILES string of the molecule is COc1ccccc1NS(=O)(=O)c1cc(C(=O)NCCCn2cccn2)ccc1C. The van der Waals surface area contributed by atoms with E-state index in [1.807, 2.05) is 12.3 Å². The van der Waals surface area contributed by atoms with Crippen molar-refractivity contribution >= 4 is 21.6 Å². The standard InChI is InChI=1S/C21H24N4O4S/c1-16-9-10-17(21(26)22-11-5-13-25-14-6-12-23-25)15-20(16)30(27,28)24-18-7-3-4-8-19(18)29-2/h3-4,6-10,12,14-15,24H,5,11,13H2,1-2H3,(H,22,26). The van der Waals surface area contributed by atoms with Crippen molar-refractivity contribution in [2.75, 3.05) is 18.4 Å². The van der Waals surface area contributed by atoms with Gasteiger partial charge in [-0.1, -0.05) is 18.2 Å². The number of nitrogens with one attached hydrogen (secondary N) is 2. The number of aromatic nitrogens is 2. The molecular formula is C21H24N4O4S. The molecule has 0 atom stereocenters. The van der Waals surface area contributed by atoms with E-state index in [-0.39, 0.29) is 16.4 Å². The molecule has 3 rings (SSSR count). The van der Waals surface area contributed by atoms with Crippen LogP contribution in [0.3, 0.4) is 0 Å². The van der Waals surface area contributed by atoms with Crippen LogP contribution in [0.1, 0.15) is 22.3 Å². The summed E-state index contributed by atoms with van der Waals surface area (Å²) >= 11 is 0. The van der Waals surface area contributed by atoms with Gasteiger partial charge < -0.3 is 10.1 Å². The Morgan fingerprint density at radius 3 is 2.70 bits per heavy atom. The fraction of sp³-hybridized carbons (Fsp3) is 0.238.